The number of hydrogen-bond donors (Lipinski definition) is 2. The van der Waals surface area contributed by atoms with E-state index in [2.05, 4.69) is 50.7 Å². The summed E-state index contributed by atoms with van der Waals surface area (Å²) in [6, 6.07) is 2.15. The number of aliphatic imine (C=N–C) groups is 1. The molecule has 0 saturated carbocycles. The predicted octanol–water partition coefficient (Wildman–Crippen LogP) is 3.29. The van der Waals surface area contributed by atoms with Gasteiger partial charge >= 0.3 is 0 Å². The molecule has 144 valence electrons. The first-order chi connectivity index (χ1) is 12.3. The Labute approximate surface area is 176 Å². The molecule has 0 aromatic carbocycles. The lowest BCUT2D eigenvalue weighted by atomic mass is 10.2. The first kappa shape index (κ1) is 21.1. The van der Waals surface area contributed by atoms with Gasteiger partial charge in [0.1, 0.15) is 11.6 Å². The minimum atomic E-state index is 0. The van der Waals surface area contributed by atoms with Crippen molar-refractivity contribution in [3.05, 3.63) is 33.5 Å². The van der Waals surface area contributed by atoms with Gasteiger partial charge in [0, 0.05) is 37.4 Å². The van der Waals surface area contributed by atoms with Crippen molar-refractivity contribution in [1.29, 1.82) is 0 Å². The second-order valence-corrected chi connectivity index (χ2v) is 7.39. The number of thiophene rings is 1. The average Bonchev–Trinajstić information content (AvgIpc) is 3.11. The quantitative estimate of drug-likeness (QED) is 0.372. The zero-order valence-electron chi connectivity index (χ0n) is 15.6. The third-order valence-corrected chi connectivity index (χ3v) is 5.53. The molecule has 0 fully saturated rings. The third-order valence-electron chi connectivity index (χ3n) is 4.52. The van der Waals surface area contributed by atoms with Crippen LogP contribution in [0.4, 0.5) is 0 Å². The molecule has 3 heterocycles. The number of nitrogens with zero attached hydrogens (tertiary/aromatic N) is 4. The summed E-state index contributed by atoms with van der Waals surface area (Å²) < 4.78 is 2.31. The molecule has 2 aromatic heterocycles. The summed E-state index contributed by atoms with van der Waals surface area (Å²) in [5.74, 6) is 3.11. The Balaban J connectivity index is 0.00000243. The number of aromatic nitrogens is 3. The van der Waals surface area contributed by atoms with Crippen LogP contribution in [0.5, 0.6) is 0 Å². The molecule has 6 nitrogen and oxygen atoms in total. The summed E-state index contributed by atoms with van der Waals surface area (Å²) in [6.07, 6.45) is 5.69. The van der Waals surface area contributed by atoms with Crippen molar-refractivity contribution >= 4 is 41.3 Å². The maximum absolute atomic E-state index is 4.70. The second-order valence-electron chi connectivity index (χ2n) is 6.39. The Kier molecular flexibility index (Phi) is 8.83. The summed E-state index contributed by atoms with van der Waals surface area (Å²) in [5.41, 5.74) is 1.32. The summed E-state index contributed by atoms with van der Waals surface area (Å²) >= 11 is 1.76. The summed E-state index contributed by atoms with van der Waals surface area (Å²) in [5, 5.41) is 17.6. The molecule has 0 saturated heterocycles. The van der Waals surface area contributed by atoms with Crippen LogP contribution in [0.15, 0.2) is 16.4 Å². The normalized spacial score (nSPS) is 14.3. The zero-order valence-corrected chi connectivity index (χ0v) is 18.8. The van der Waals surface area contributed by atoms with Crippen LogP contribution in [0.3, 0.4) is 0 Å². The van der Waals surface area contributed by atoms with E-state index in [-0.39, 0.29) is 24.0 Å². The molecule has 0 atom stereocenters. The molecule has 1 aliphatic rings. The van der Waals surface area contributed by atoms with E-state index in [4.69, 9.17) is 4.99 Å². The SMILES string of the molecule is CCNC(=NCc1sccc1C)NCCc1nnc2n1CCCCC2.I. The number of guanidine groups is 1. The zero-order chi connectivity index (χ0) is 17.5. The first-order valence-corrected chi connectivity index (χ1v) is 10.1. The molecular formula is C18H29IN6S. The molecule has 8 heteroatoms. The van der Waals surface area contributed by atoms with Gasteiger partial charge in [0.25, 0.3) is 0 Å². The Morgan fingerprint density at radius 3 is 2.92 bits per heavy atom. The van der Waals surface area contributed by atoms with Gasteiger partial charge in [-0.2, -0.15) is 0 Å². The Bertz CT molecular complexity index is 708. The molecule has 0 amide bonds. The van der Waals surface area contributed by atoms with Crippen molar-refractivity contribution in [1.82, 2.24) is 25.4 Å². The number of rotatable bonds is 6. The standard InChI is InChI=1S/C18H28N6S.HI/c1-3-19-18(21-13-15-14(2)9-12-25-15)20-10-8-17-23-22-16-7-5-4-6-11-24(16)17;/h9,12H,3-8,10-11,13H2,1-2H3,(H2,19,20,21);1H. The van der Waals surface area contributed by atoms with Crippen molar-refractivity contribution < 1.29 is 0 Å². The van der Waals surface area contributed by atoms with Crippen LogP contribution in [-0.4, -0.2) is 33.8 Å². The van der Waals surface area contributed by atoms with Crippen LogP contribution >= 0.6 is 35.3 Å². The van der Waals surface area contributed by atoms with Crippen molar-refractivity contribution in [3.63, 3.8) is 0 Å². The monoisotopic (exact) mass is 488 g/mol. The lowest BCUT2D eigenvalue weighted by molar-refractivity contribution is 0.600. The van der Waals surface area contributed by atoms with Gasteiger partial charge in [-0.15, -0.1) is 45.5 Å². The minimum absolute atomic E-state index is 0. The van der Waals surface area contributed by atoms with Gasteiger partial charge in [-0.1, -0.05) is 6.42 Å². The van der Waals surface area contributed by atoms with Crippen LogP contribution in [-0.2, 0) is 25.9 Å². The molecule has 0 bridgehead atoms. The average molecular weight is 488 g/mol. The van der Waals surface area contributed by atoms with Gasteiger partial charge in [-0.05, 0) is 43.7 Å². The van der Waals surface area contributed by atoms with E-state index in [1.165, 1.54) is 29.7 Å². The lowest BCUT2D eigenvalue weighted by Crippen LogP contribution is -2.38. The van der Waals surface area contributed by atoms with Crippen molar-refractivity contribution in [3.8, 4) is 0 Å². The van der Waals surface area contributed by atoms with Crippen LogP contribution in [0.2, 0.25) is 0 Å². The van der Waals surface area contributed by atoms with Gasteiger partial charge in [0.15, 0.2) is 5.96 Å². The third kappa shape index (κ3) is 5.67. The summed E-state index contributed by atoms with van der Waals surface area (Å²) in [6.45, 7) is 7.68. The molecule has 26 heavy (non-hydrogen) atoms. The summed E-state index contributed by atoms with van der Waals surface area (Å²) in [7, 11) is 0. The Hall–Kier alpha value is -1.16. The largest absolute Gasteiger partial charge is 0.357 e. The molecule has 0 unspecified atom stereocenters. The van der Waals surface area contributed by atoms with Crippen LogP contribution in [0.25, 0.3) is 0 Å². The van der Waals surface area contributed by atoms with Crippen molar-refractivity contribution in [2.24, 2.45) is 4.99 Å². The molecule has 2 N–H and O–H groups in total. The highest BCUT2D eigenvalue weighted by Gasteiger charge is 2.14. The van der Waals surface area contributed by atoms with Gasteiger partial charge in [0.05, 0.1) is 6.54 Å². The van der Waals surface area contributed by atoms with E-state index < -0.39 is 0 Å². The highest BCUT2D eigenvalue weighted by molar-refractivity contribution is 14.0. The number of fused-ring (bicyclic) bond motifs is 1. The lowest BCUT2D eigenvalue weighted by Gasteiger charge is -2.12. The first-order valence-electron chi connectivity index (χ1n) is 9.24. The van der Waals surface area contributed by atoms with Crippen LogP contribution in [0, 0.1) is 6.92 Å². The number of nitrogens with one attached hydrogen (secondary N) is 2. The van der Waals surface area contributed by atoms with Gasteiger partial charge in [-0.3, -0.25) is 0 Å². The fraction of sp³-hybridized carbons (Fsp3) is 0.611. The summed E-state index contributed by atoms with van der Waals surface area (Å²) in [4.78, 5) is 6.02. The highest BCUT2D eigenvalue weighted by atomic mass is 127. The molecule has 0 aliphatic carbocycles. The molecule has 2 aromatic rings. The number of halogens is 1. The second kappa shape index (κ2) is 10.9. The predicted molar refractivity (Wildman–Crippen MR) is 119 cm³/mol. The van der Waals surface area contributed by atoms with E-state index in [0.717, 1.165) is 56.6 Å². The van der Waals surface area contributed by atoms with Crippen molar-refractivity contribution in [2.45, 2.75) is 59.0 Å². The van der Waals surface area contributed by atoms with E-state index in [9.17, 15) is 0 Å². The minimum Gasteiger partial charge on any atom is -0.357 e. The molecular weight excluding hydrogens is 459 g/mol. The molecule has 3 rings (SSSR count). The maximum Gasteiger partial charge on any atom is 0.191 e. The fourth-order valence-corrected chi connectivity index (χ4v) is 3.91. The highest BCUT2D eigenvalue weighted by Crippen LogP contribution is 2.16. The maximum atomic E-state index is 4.70. The number of aryl methyl sites for hydroxylation is 2. The molecule has 0 radical (unpaired) electrons. The Morgan fingerprint density at radius 2 is 2.15 bits per heavy atom. The van der Waals surface area contributed by atoms with Gasteiger partial charge in [-0.25, -0.2) is 4.99 Å². The van der Waals surface area contributed by atoms with Crippen molar-refractivity contribution in [2.75, 3.05) is 13.1 Å². The van der Waals surface area contributed by atoms with Gasteiger partial charge < -0.3 is 15.2 Å². The Morgan fingerprint density at radius 1 is 1.27 bits per heavy atom. The topological polar surface area (TPSA) is 67.1 Å². The van der Waals surface area contributed by atoms with E-state index in [0.29, 0.717) is 0 Å². The van der Waals surface area contributed by atoms with Gasteiger partial charge in [0.2, 0.25) is 0 Å². The fourth-order valence-electron chi connectivity index (χ4n) is 3.08. The molecule has 1 aliphatic heterocycles. The number of hydrogen-bond acceptors (Lipinski definition) is 4. The van der Waals surface area contributed by atoms with E-state index in [1.54, 1.807) is 11.3 Å². The molecule has 0 spiro atoms. The smallest absolute Gasteiger partial charge is 0.191 e. The van der Waals surface area contributed by atoms with Crippen LogP contribution < -0.4 is 10.6 Å². The van der Waals surface area contributed by atoms with E-state index in [1.807, 2.05) is 0 Å². The van der Waals surface area contributed by atoms with E-state index >= 15 is 0 Å². The van der Waals surface area contributed by atoms with Crippen LogP contribution in [0.1, 0.15) is 48.3 Å².